The van der Waals surface area contributed by atoms with Crippen LogP contribution in [-0.2, 0) is 0 Å². The summed E-state index contributed by atoms with van der Waals surface area (Å²) in [5, 5.41) is 1.57. The molecule has 2 aromatic rings. The number of anilines is 1. The highest BCUT2D eigenvalue weighted by Crippen LogP contribution is 2.25. The number of nitrogens with two attached hydrogens (primary N) is 1. The maximum absolute atomic E-state index is 5.85. The summed E-state index contributed by atoms with van der Waals surface area (Å²) in [6.45, 7) is 0. The zero-order valence-electron chi connectivity index (χ0n) is 6.59. The lowest BCUT2D eigenvalue weighted by Crippen LogP contribution is -1.89. The van der Waals surface area contributed by atoms with Crippen molar-refractivity contribution < 1.29 is 0 Å². The summed E-state index contributed by atoms with van der Waals surface area (Å²) < 4.78 is 0.918. The highest BCUT2D eigenvalue weighted by Gasteiger charge is 2.01. The van der Waals surface area contributed by atoms with Crippen LogP contribution in [0.3, 0.4) is 0 Å². The topological polar surface area (TPSA) is 38.9 Å². The molecule has 2 rings (SSSR count). The molecule has 2 nitrogen and oxygen atoms in total. The third kappa shape index (κ3) is 1.62. The van der Waals surface area contributed by atoms with Gasteiger partial charge >= 0.3 is 0 Å². The summed E-state index contributed by atoms with van der Waals surface area (Å²) in [5.41, 5.74) is 7.14. The van der Waals surface area contributed by atoms with Gasteiger partial charge in [-0.15, -0.1) is 0 Å². The molecule has 0 saturated heterocycles. The molecule has 13 heavy (non-hydrogen) atoms. The van der Waals surface area contributed by atoms with Crippen molar-refractivity contribution in [2.75, 3.05) is 5.73 Å². The summed E-state index contributed by atoms with van der Waals surface area (Å²) in [6, 6.07) is 5.47. The van der Waals surface area contributed by atoms with E-state index in [4.69, 9.17) is 17.3 Å². The first kappa shape index (κ1) is 8.78. The van der Waals surface area contributed by atoms with Crippen LogP contribution in [0.15, 0.2) is 28.9 Å². The maximum Gasteiger partial charge on any atom is 0.0933 e. The lowest BCUT2D eigenvalue weighted by atomic mass is 10.2. The fourth-order valence-corrected chi connectivity index (χ4v) is 1.80. The number of aromatic nitrogens is 1. The number of nitrogen functional groups attached to an aromatic ring is 1. The van der Waals surface area contributed by atoms with Gasteiger partial charge < -0.3 is 5.73 Å². The lowest BCUT2D eigenvalue weighted by Gasteiger charge is -2.02. The molecule has 1 heterocycles. The molecule has 0 spiro atoms. The first-order valence-corrected chi connectivity index (χ1v) is 4.84. The van der Waals surface area contributed by atoms with Gasteiger partial charge in [0, 0.05) is 21.1 Å². The Morgan fingerprint density at radius 3 is 2.85 bits per heavy atom. The standard InChI is InChI=1S/C9H6BrClN2/c10-6-1-5-2-7(11)3-8(12)9(5)13-4-6/h1-4H,12H2. The lowest BCUT2D eigenvalue weighted by molar-refractivity contribution is 1.39. The number of halogens is 2. The molecule has 0 aliphatic rings. The summed E-state index contributed by atoms with van der Waals surface area (Å²) in [6.07, 6.45) is 1.71. The van der Waals surface area contributed by atoms with Crippen molar-refractivity contribution in [2.45, 2.75) is 0 Å². The molecule has 0 aliphatic heterocycles. The maximum atomic E-state index is 5.85. The Morgan fingerprint density at radius 1 is 1.31 bits per heavy atom. The molecule has 0 radical (unpaired) electrons. The van der Waals surface area contributed by atoms with Gasteiger partial charge in [0.25, 0.3) is 0 Å². The second-order valence-electron chi connectivity index (χ2n) is 2.72. The Bertz CT molecular complexity index is 465. The summed E-state index contributed by atoms with van der Waals surface area (Å²) in [5.74, 6) is 0. The Kier molecular flexibility index (Phi) is 2.14. The average molecular weight is 258 g/mol. The molecule has 4 heteroatoms. The van der Waals surface area contributed by atoms with E-state index in [1.807, 2.05) is 12.1 Å². The van der Waals surface area contributed by atoms with Crippen molar-refractivity contribution in [1.29, 1.82) is 0 Å². The van der Waals surface area contributed by atoms with Crippen LogP contribution in [0.2, 0.25) is 5.02 Å². The average Bonchev–Trinajstić information content (AvgIpc) is 2.02. The minimum Gasteiger partial charge on any atom is -0.397 e. The monoisotopic (exact) mass is 256 g/mol. The highest BCUT2D eigenvalue weighted by atomic mass is 79.9. The van der Waals surface area contributed by atoms with Gasteiger partial charge in [0.2, 0.25) is 0 Å². The number of hydrogen-bond donors (Lipinski definition) is 1. The van der Waals surface area contributed by atoms with Crippen molar-refractivity contribution in [3.05, 3.63) is 33.9 Å². The molecule has 0 bridgehead atoms. The number of rotatable bonds is 0. The largest absolute Gasteiger partial charge is 0.397 e. The summed E-state index contributed by atoms with van der Waals surface area (Å²) >= 11 is 9.19. The summed E-state index contributed by atoms with van der Waals surface area (Å²) in [7, 11) is 0. The molecule has 0 saturated carbocycles. The number of fused-ring (bicyclic) bond motifs is 1. The molecule has 0 unspecified atom stereocenters. The molecule has 1 aromatic heterocycles. The Hall–Kier alpha value is -0.800. The summed E-state index contributed by atoms with van der Waals surface area (Å²) in [4.78, 5) is 4.19. The van der Waals surface area contributed by atoms with E-state index >= 15 is 0 Å². The van der Waals surface area contributed by atoms with Crippen molar-refractivity contribution in [3.8, 4) is 0 Å². The quantitative estimate of drug-likeness (QED) is 0.736. The van der Waals surface area contributed by atoms with Crippen LogP contribution in [0.1, 0.15) is 0 Å². The molecule has 1 aromatic carbocycles. The number of pyridine rings is 1. The van der Waals surface area contributed by atoms with Gasteiger partial charge in [-0.1, -0.05) is 11.6 Å². The Balaban J connectivity index is 2.86. The zero-order chi connectivity index (χ0) is 9.42. The molecule has 2 N–H and O–H groups in total. The van der Waals surface area contributed by atoms with Crippen molar-refractivity contribution in [3.63, 3.8) is 0 Å². The zero-order valence-corrected chi connectivity index (χ0v) is 8.93. The number of benzene rings is 1. The normalized spacial score (nSPS) is 10.6. The van der Waals surface area contributed by atoms with Gasteiger partial charge in [0.1, 0.15) is 0 Å². The van der Waals surface area contributed by atoms with E-state index in [0.717, 1.165) is 15.4 Å². The van der Waals surface area contributed by atoms with E-state index in [1.165, 1.54) is 0 Å². The molecular formula is C9H6BrClN2. The second-order valence-corrected chi connectivity index (χ2v) is 4.07. The molecule has 66 valence electrons. The van der Waals surface area contributed by atoms with E-state index in [9.17, 15) is 0 Å². The SMILES string of the molecule is Nc1cc(Cl)cc2cc(Br)cnc12. The number of nitrogens with zero attached hydrogens (tertiary/aromatic N) is 1. The van der Waals surface area contributed by atoms with Gasteiger partial charge in [-0.25, -0.2) is 0 Å². The predicted molar refractivity (Wildman–Crippen MR) is 58.9 cm³/mol. The Morgan fingerprint density at radius 2 is 2.08 bits per heavy atom. The molecular weight excluding hydrogens is 251 g/mol. The first-order chi connectivity index (χ1) is 6.16. The van der Waals surface area contributed by atoms with Crippen molar-refractivity contribution in [2.24, 2.45) is 0 Å². The van der Waals surface area contributed by atoms with Crippen LogP contribution >= 0.6 is 27.5 Å². The first-order valence-electron chi connectivity index (χ1n) is 3.67. The Labute approximate surface area is 88.8 Å². The van der Waals surface area contributed by atoms with Gasteiger partial charge in [-0.3, -0.25) is 4.98 Å². The van der Waals surface area contributed by atoms with E-state index in [1.54, 1.807) is 12.3 Å². The van der Waals surface area contributed by atoms with Gasteiger partial charge in [-0.05, 0) is 34.1 Å². The van der Waals surface area contributed by atoms with Gasteiger partial charge in [-0.2, -0.15) is 0 Å². The molecule has 0 amide bonds. The van der Waals surface area contributed by atoms with Crippen LogP contribution in [-0.4, -0.2) is 4.98 Å². The predicted octanol–water partition coefficient (Wildman–Crippen LogP) is 3.23. The molecule has 0 fully saturated rings. The van der Waals surface area contributed by atoms with E-state index in [-0.39, 0.29) is 0 Å². The molecule has 0 aliphatic carbocycles. The second kappa shape index (κ2) is 3.16. The van der Waals surface area contributed by atoms with Crippen LogP contribution in [0.5, 0.6) is 0 Å². The van der Waals surface area contributed by atoms with Gasteiger partial charge in [0.05, 0.1) is 11.2 Å². The molecule has 0 atom stereocenters. The van der Waals surface area contributed by atoms with E-state index < -0.39 is 0 Å². The smallest absolute Gasteiger partial charge is 0.0933 e. The van der Waals surface area contributed by atoms with Gasteiger partial charge in [0.15, 0.2) is 0 Å². The van der Waals surface area contributed by atoms with Crippen LogP contribution < -0.4 is 5.73 Å². The van der Waals surface area contributed by atoms with E-state index in [0.29, 0.717) is 10.7 Å². The minimum absolute atomic E-state index is 0.606. The van der Waals surface area contributed by atoms with E-state index in [2.05, 4.69) is 20.9 Å². The number of hydrogen-bond acceptors (Lipinski definition) is 2. The minimum atomic E-state index is 0.606. The highest BCUT2D eigenvalue weighted by molar-refractivity contribution is 9.10. The van der Waals surface area contributed by atoms with Crippen LogP contribution in [0.25, 0.3) is 10.9 Å². The fraction of sp³-hybridized carbons (Fsp3) is 0. The van der Waals surface area contributed by atoms with Crippen molar-refractivity contribution >= 4 is 44.1 Å². The fourth-order valence-electron chi connectivity index (χ4n) is 1.21. The third-order valence-electron chi connectivity index (χ3n) is 1.74. The third-order valence-corrected chi connectivity index (χ3v) is 2.40. The van der Waals surface area contributed by atoms with Crippen LogP contribution in [0, 0.1) is 0 Å². The van der Waals surface area contributed by atoms with Crippen LogP contribution in [0.4, 0.5) is 5.69 Å². The van der Waals surface area contributed by atoms with Crippen molar-refractivity contribution in [1.82, 2.24) is 4.98 Å².